The van der Waals surface area contributed by atoms with Crippen LogP contribution in [-0.2, 0) is 9.53 Å². The summed E-state index contributed by atoms with van der Waals surface area (Å²) in [7, 11) is 1.78. The Bertz CT molecular complexity index is 304. The molecule has 1 amide bonds. The number of rotatable bonds is 8. The third-order valence-corrected chi connectivity index (χ3v) is 4.37. The molecule has 1 aliphatic carbocycles. The summed E-state index contributed by atoms with van der Waals surface area (Å²) in [5.74, 6) is 0.853. The molecule has 21 heavy (non-hydrogen) atoms. The third-order valence-electron chi connectivity index (χ3n) is 4.37. The number of amides is 1. The fraction of sp³-hybridized carbons (Fsp3) is 0.938. The van der Waals surface area contributed by atoms with Gasteiger partial charge in [0.05, 0.1) is 24.9 Å². The lowest BCUT2D eigenvalue weighted by molar-refractivity contribution is -0.131. The molecule has 5 nitrogen and oxygen atoms in total. The van der Waals surface area contributed by atoms with E-state index in [4.69, 9.17) is 4.74 Å². The van der Waals surface area contributed by atoms with Crippen molar-refractivity contribution in [1.82, 2.24) is 10.2 Å². The van der Waals surface area contributed by atoms with Crippen molar-refractivity contribution in [1.29, 1.82) is 0 Å². The Morgan fingerprint density at radius 1 is 1.38 bits per heavy atom. The van der Waals surface area contributed by atoms with Gasteiger partial charge in [-0.15, -0.1) is 0 Å². The van der Waals surface area contributed by atoms with E-state index in [-0.39, 0.29) is 11.9 Å². The Balaban J connectivity index is 2.16. The zero-order valence-electron chi connectivity index (χ0n) is 14.0. The highest BCUT2D eigenvalue weighted by molar-refractivity contribution is 5.81. The molecule has 0 bridgehead atoms. The smallest absolute Gasteiger partial charge is 0.239 e. The molecule has 0 spiro atoms. The van der Waals surface area contributed by atoms with Gasteiger partial charge < -0.3 is 20.1 Å². The van der Waals surface area contributed by atoms with Crippen molar-refractivity contribution in [2.45, 2.75) is 64.7 Å². The highest BCUT2D eigenvalue weighted by Crippen LogP contribution is 2.25. The van der Waals surface area contributed by atoms with Crippen molar-refractivity contribution in [3.8, 4) is 0 Å². The van der Waals surface area contributed by atoms with Gasteiger partial charge in [-0.3, -0.25) is 4.79 Å². The number of carbonyl (C=O) groups is 1. The number of aliphatic hydroxyl groups is 1. The summed E-state index contributed by atoms with van der Waals surface area (Å²) < 4.78 is 5.77. The molecule has 2 N–H and O–H groups in total. The predicted molar refractivity (Wildman–Crippen MR) is 84.2 cm³/mol. The van der Waals surface area contributed by atoms with E-state index in [1.54, 1.807) is 11.9 Å². The number of carbonyl (C=O) groups excluding carboxylic acids is 1. The molecule has 1 rings (SSSR count). The van der Waals surface area contributed by atoms with Crippen molar-refractivity contribution >= 4 is 5.91 Å². The van der Waals surface area contributed by atoms with E-state index in [0.717, 1.165) is 18.8 Å². The summed E-state index contributed by atoms with van der Waals surface area (Å²) >= 11 is 0. The summed E-state index contributed by atoms with van der Waals surface area (Å²) in [4.78, 5) is 13.5. The summed E-state index contributed by atoms with van der Waals surface area (Å²) in [6.07, 6.45) is 4.35. The van der Waals surface area contributed by atoms with Crippen LogP contribution in [0.15, 0.2) is 0 Å². The molecular formula is C16H32N2O3. The summed E-state index contributed by atoms with van der Waals surface area (Å²) in [6, 6.07) is -0.278. The highest BCUT2D eigenvalue weighted by Gasteiger charge is 2.20. The highest BCUT2D eigenvalue weighted by atomic mass is 16.5. The van der Waals surface area contributed by atoms with Crippen LogP contribution in [0.3, 0.4) is 0 Å². The summed E-state index contributed by atoms with van der Waals surface area (Å²) in [5.41, 5.74) is 0. The van der Waals surface area contributed by atoms with Crippen LogP contribution in [0.5, 0.6) is 0 Å². The van der Waals surface area contributed by atoms with Gasteiger partial charge in [-0.1, -0.05) is 6.92 Å². The van der Waals surface area contributed by atoms with Crippen molar-refractivity contribution in [3.63, 3.8) is 0 Å². The van der Waals surface area contributed by atoms with E-state index in [2.05, 4.69) is 12.2 Å². The van der Waals surface area contributed by atoms with Crippen molar-refractivity contribution in [2.75, 3.05) is 26.7 Å². The molecule has 5 heteroatoms. The molecule has 0 radical (unpaired) electrons. The maximum Gasteiger partial charge on any atom is 0.239 e. The molecule has 0 aromatic carbocycles. The molecule has 1 fully saturated rings. The van der Waals surface area contributed by atoms with Crippen LogP contribution in [-0.4, -0.2) is 60.9 Å². The Hall–Kier alpha value is -0.650. The first-order valence-electron chi connectivity index (χ1n) is 8.22. The second kappa shape index (κ2) is 9.38. The van der Waals surface area contributed by atoms with Crippen LogP contribution in [0, 0.1) is 5.92 Å². The zero-order chi connectivity index (χ0) is 15.8. The van der Waals surface area contributed by atoms with E-state index in [1.165, 1.54) is 12.8 Å². The maximum atomic E-state index is 11.9. The van der Waals surface area contributed by atoms with Gasteiger partial charge in [0.1, 0.15) is 0 Å². The van der Waals surface area contributed by atoms with Crippen LogP contribution < -0.4 is 5.32 Å². The zero-order valence-corrected chi connectivity index (χ0v) is 14.0. The fourth-order valence-corrected chi connectivity index (χ4v) is 2.59. The maximum absolute atomic E-state index is 11.9. The first-order valence-corrected chi connectivity index (χ1v) is 8.22. The predicted octanol–water partition coefficient (Wildman–Crippen LogP) is 1.40. The third kappa shape index (κ3) is 6.76. The topological polar surface area (TPSA) is 61.8 Å². The van der Waals surface area contributed by atoms with Crippen LogP contribution in [0.2, 0.25) is 0 Å². The number of ether oxygens (including phenoxy) is 1. The molecule has 0 saturated heterocycles. The van der Waals surface area contributed by atoms with Gasteiger partial charge in [-0.25, -0.2) is 0 Å². The van der Waals surface area contributed by atoms with Crippen LogP contribution >= 0.6 is 0 Å². The van der Waals surface area contributed by atoms with Gasteiger partial charge in [-0.2, -0.15) is 0 Å². The number of likely N-dealkylation sites (N-methyl/N-ethyl adjacent to an activating group) is 1. The lowest BCUT2D eigenvalue weighted by atomic mass is 9.89. The molecule has 0 aliphatic heterocycles. The quantitative estimate of drug-likeness (QED) is 0.711. The van der Waals surface area contributed by atoms with Crippen LogP contribution in [0.1, 0.15) is 46.5 Å². The van der Waals surface area contributed by atoms with Gasteiger partial charge in [0.2, 0.25) is 5.91 Å². The molecular weight excluding hydrogens is 268 g/mol. The van der Waals surface area contributed by atoms with Crippen molar-refractivity contribution in [3.05, 3.63) is 0 Å². The lowest BCUT2D eigenvalue weighted by Crippen LogP contribution is -2.46. The first kappa shape index (κ1) is 18.4. The van der Waals surface area contributed by atoms with Gasteiger partial charge in [0.25, 0.3) is 0 Å². The number of aliphatic hydroxyl groups excluding tert-OH is 1. The van der Waals surface area contributed by atoms with Gasteiger partial charge in [0, 0.05) is 20.1 Å². The Morgan fingerprint density at radius 3 is 2.57 bits per heavy atom. The van der Waals surface area contributed by atoms with E-state index < -0.39 is 6.10 Å². The van der Waals surface area contributed by atoms with E-state index in [9.17, 15) is 9.90 Å². The van der Waals surface area contributed by atoms with Crippen molar-refractivity contribution in [2.24, 2.45) is 5.92 Å². The van der Waals surface area contributed by atoms with E-state index in [1.807, 2.05) is 13.8 Å². The molecule has 1 saturated carbocycles. The summed E-state index contributed by atoms with van der Waals surface area (Å²) in [6.45, 7) is 7.46. The van der Waals surface area contributed by atoms with E-state index >= 15 is 0 Å². The molecule has 0 heterocycles. The van der Waals surface area contributed by atoms with Crippen molar-refractivity contribution < 1.29 is 14.6 Å². The minimum atomic E-state index is -0.563. The molecule has 1 aliphatic rings. The SMILES string of the molecule is CCN(C)C(=O)C(C)NCC(O)COC1CCC(C)CC1. The monoisotopic (exact) mass is 300 g/mol. The second-order valence-electron chi connectivity index (χ2n) is 6.35. The Kier molecular flexibility index (Phi) is 8.22. The number of hydrogen-bond acceptors (Lipinski definition) is 4. The average molecular weight is 300 g/mol. The normalized spacial score (nSPS) is 25.4. The van der Waals surface area contributed by atoms with Crippen LogP contribution in [0.4, 0.5) is 0 Å². The molecule has 2 unspecified atom stereocenters. The molecule has 0 aromatic rings. The lowest BCUT2D eigenvalue weighted by Gasteiger charge is -2.27. The minimum Gasteiger partial charge on any atom is -0.389 e. The molecule has 0 aromatic heterocycles. The summed E-state index contributed by atoms with van der Waals surface area (Å²) in [5, 5.41) is 13.0. The van der Waals surface area contributed by atoms with E-state index in [0.29, 0.717) is 25.8 Å². The number of nitrogens with one attached hydrogen (secondary N) is 1. The second-order valence-corrected chi connectivity index (χ2v) is 6.35. The van der Waals surface area contributed by atoms with Gasteiger partial charge in [0.15, 0.2) is 0 Å². The number of hydrogen-bond donors (Lipinski definition) is 2. The average Bonchev–Trinajstić information content (AvgIpc) is 2.50. The number of nitrogens with zero attached hydrogens (tertiary/aromatic N) is 1. The first-order chi connectivity index (χ1) is 9.93. The van der Waals surface area contributed by atoms with Gasteiger partial charge in [-0.05, 0) is 45.4 Å². The molecule has 124 valence electrons. The minimum absolute atomic E-state index is 0.0480. The standard InChI is InChI=1S/C16H32N2O3/c1-5-18(4)16(20)13(3)17-10-14(19)11-21-15-8-6-12(2)7-9-15/h12-15,17,19H,5-11H2,1-4H3. The van der Waals surface area contributed by atoms with Crippen LogP contribution in [0.25, 0.3) is 0 Å². The Morgan fingerprint density at radius 2 is 2.00 bits per heavy atom. The largest absolute Gasteiger partial charge is 0.389 e. The molecule has 2 atom stereocenters. The Labute approximate surface area is 129 Å². The fourth-order valence-electron chi connectivity index (χ4n) is 2.59. The van der Waals surface area contributed by atoms with Gasteiger partial charge >= 0.3 is 0 Å².